The summed E-state index contributed by atoms with van der Waals surface area (Å²) >= 11 is 8.73. The number of unbranched alkanes of at least 4 members (excludes halogenated alkanes) is 4. The molecule has 0 aliphatic carbocycles. The molecule has 5 nitrogen and oxygen atoms in total. The van der Waals surface area contributed by atoms with Gasteiger partial charge < -0.3 is 14.8 Å². The highest BCUT2D eigenvalue weighted by atomic mass is 79.9. The van der Waals surface area contributed by atoms with Gasteiger partial charge in [-0.1, -0.05) is 61.5 Å². The largest absolute Gasteiger partial charge is 0.494 e. The maximum atomic E-state index is 12.7. The molecule has 0 aromatic heterocycles. The molecule has 0 heterocycles. The lowest BCUT2D eigenvalue weighted by molar-refractivity contribution is 0.0973. The van der Waals surface area contributed by atoms with E-state index < -0.39 is 0 Å². The lowest BCUT2D eigenvalue weighted by atomic mass is 10.2. The quantitative estimate of drug-likeness (QED) is 0.247. The molecule has 2 N–H and O–H groups in total. The summed E-state index contributed by atoms with van der Waals surface area (Å²) in [6, 6.07) is 12.9. The number of anilines is 1. The van der Waals surface area contributed by atoms with Gasteiger partial charge in [-0.25, -0.2) is 0 Å². The molecule has 7 heteroatoms. The van der Waals surface area contributed by atoms with Gasteiger partial charge in [0.1, 0.15) is 11.5 Å². The molecule has 0 saturated carbocycles. The van der Waals surface area contributed by atoms with Crippen molar-refractivity contribution in [3.63, 3.8) is 0 Å². The van der Waals surface area contributed by atoms with Crippen molar-refractivity contribution in [2.24, 2.45) is 0 Å². The summed E-state index contributed by atoms with van der Waals surface area (Å²) in [5.41, 5.74) is 1.18. The molecule has 2 aromatic rings. The van der Waals surface area contributed by atoms with Crippen molar-refractivity contribution in [2.75, 3.05) is 18.5 Å². The maximum absolute atomic E-state index is 12.7. The summed E-state index contributed by atoms with van der Waals surface area (Å²) in [6.45, 7) is 5.45. The molecule has 168 valence electrons. The molecule has 2 rings (SSSR count). The third-order valence-corrected chi connectivity index (χ3v) is 5.18. The van der Waals surface area contributed by atoms with Crippen molar-refractivity contribution in [1.82, 2.24) is 5.32 Å². The monoisotopic (exact) mass is 506 g/mol. The normalized spacial score (nSPS) is 10.4. The van der Waals surface area contributed by atoms with Crippen molar-refractivity contribution in [3.8, 4) is 11.5 Å². The number of carbonyl (C=O) groups is 1. The molecule has 0 spiro atoms. The number of hydrogen-bond donors (Lipinski definition) is 2. The van der Waals surface area contributed by atoms with Crippen LogP contribution in [0.1, 0.15) is 62.7 Å². The van der Waals surface area contributed by atoms with E-state index in [9.17, 15) is 4.79 Å². The number of halogens is 1. The van der Waals surface area contributed by atoms with E-state index in [1.54, 1.807) is 12.1 Å². The number of thiocarbonyl (C=S) groups is 1. The zero-order valence-corrected chi connectivity index (χ0v) is 20.6. The Bertz CT molecular complexity index is 860. The minimum atomic E-state index is -0.329. The predicted octanol–water partition coefficient (Wildman–Crippen LogP) is 6.71. The van der Waals surface area contributed by atoms with Crippen molar-refractivity contribution < 1.29 is 14.3 Å². The molecular weight excluding hydrogens is 476 g/mol. The topological polar surface area (TPSA) is 59.6 Å². The molecular formula is C24H31BrN2O3S. The summed E-state index contributed by atoms with van der Waals surface area (Å²) in [7, 11) is 0. The standard InChI is InChI=1S/C24H31BrN2O3S/c1-3-5-6-7-8-15-29-20-11-9-10-19(17-20)26-24(31)27-23(28)21-16-18(25)12-13-22(21)30-14-4-2/h9-13,16-17H,3-8,14-15H2,1-2H3,(H2,26,27,28,31). The molecule has 31 heavy (non-hydrogen) atoms. The van der Waals surface area contributed by atoms with E-state index in [0.717, 1.165) is 28.8 Å². The van der Waals surface area contributed by atoms with E-state index in [-0.39, 0.29) is 11.0 Å². The summed E-state index contributed by atoms with van der Waals surface area (Å²) in [4.78, 5) is 12.7. The minimum Gasteiger partial charge on any atom is -0.494 e. The van der Waals surface area contributed by atoms with Crippen LogP contribution in [0, 0.1) is 0 Å². The van der Waals surface area contributed by atoms with E-state index in [4.69, 9.17) is 21.7 Å². The van der Waals surface area contributed by atoms with Crippen molar-refractivity contribution >= 4 is 44.9 Å². The van der Waals surface area contributed by atoms with Crippen LogP contribution in [-0.2, 0) is 0 Å². The molecule has 0 bridgehead atoms. The SMILES string of the molecule is CCCCCCCOc1cccc(NC(=S)NC(=O)c2cc(Br)ccc2OCCC)c1. The zero-order valence-electron chi connectivity index (χ0n) is 18.2. The molecule has 0 unspecified atom stereocenters. The summed E-state index contributed by atoms with van der Waals surface area (Å²) in [5.74, 6) is 0.973. The fourth-order valence-corrected chi connectivity index (χ4v) is 3.48. The maximum Gasteiger partial charge on any atom is 0.261 e. The predicted molar refractivity (Wildman–Crippen MR) is 134 cm³/mol. The van der Waals surface area contributed by atoms with Crippen LogP contribution in [0.3, 0.4) is 0 Å². The Morgan fingerprint density at radius 2 is 1.77 bits per heavy atom. The van der Waals surface area contributed by atoms with Crippen LogP contribution >= 0.6 is 28.1 Å². The van der Waals surface area contributed by atoms with Gasteiger partial charge >= 0.3 is 0 Å². The van der Waals surface area contributed by atoms with E-state index >= 15 is 0 Å². The Morgan fingerprint density at radius 1 is 0.968 bits per heavy atom. The molecule has 0 aliphatic heterocycles. The second-order valence-electron chi connectivity index (χ2n) is 7.19. The first-order chi connectivity index (χ1) is 15.0. The number of amides is 1. The Labute approximate surface area is 199 Å². The third kappa shape index (κ3) is 9.27. The van der Waals surface area contributed by atoms with Crippen LogP contribution in [-0.4, -0.2) is 24.2 Å². The summed E-state index contributed by atoms with van der Waals surface area (Å²) < 4.78 is 12.3. The molecule has 2 aromatic carbocycles. The second kappa shape index (κ2) is 14.0. The van der Waals surface area contributed by atoms with Gasteiger partial charge in [-0.2, -0.15) is 0 Å². The fourth-order valence-electron chi connectivity index (χ4n) is 2.91. The van der Waals surface area contributed by atoms with Crippen LogP contribution in [0.15, 0.2) is 46.9 Å². The molecule has 0 saturated heterocycles. The van der Waals surface area contributed by atoms with Gasteiger partial charge in [-0.05, 0) is 55.4 Å². The summed E-state index contributed by atoms with van der Waals surface area (Å²) in [6.07, 6.45) is 6.84. The van der Waals surface area contributed by atoms with E-state index in [1.165, 1.54) is 25.7 Å². The van der Waals surface area contributed by atoms with Gasteiger partial charge in [0, 0.05) is 16.2 Å². The smallest absolute Gasteiger partial charge is 0.261 e. The van der Waals surface area contributed by atoms with Gasteiger partial charge in [-0.3, -0.25) is 10.1 Å². The Hall–Kier alpha value is -2.12. The van der Waals surface area contributed by atoms with E-state index in [2.05, 4.69) is 33.5 Å². The highest BCUT2D eigenvalue weighted by Gasteiger charge is 2.15. The minimum absolute atomic E-state index is 0.211. The number of ether oxygens (including phenoxy) is 2. The zero-order chi connectivity index (χ0) is 22.5. The first kappa shape index (κ1) is 25.1. The highest BCUT2D eigenvalue weighted by Crippen LogP contribution is 2.24. The van der Waals surface area contributed by atoms with Crippen LogP contribution in [0.2, 0.25) is 0 Å². The van der Waals surface area contributed by atoms with Crippen molar-refractivity contribution in [2.45, 2.75) is 52.4 Å². The number of carbonyl (C=O) groups excluding carboxylic acids is 1. The fraction of sp³-hybridized carbons (Fsp3) is 0.417. The average Bonchev–Trinajstić information content (AvgIpc) is 2.75. The lowest BCUT2D eigenvalue weighted by Crippen LogP contribution is -2.34. The number of rotatable bonds is 12. The first-order valence-corrected chi connectivity index (χ1v) is 12.0. The molecule has 0 radical (unpaired) electrons. The van der Waals surface area contributed by atoms with Crippen molar-refractivity contribution in [1.29, 1.82) is 0 Å². The second-order valence-corrected chi connectivity index (χ2v) is 8.51. The van der Waals surface area contributed by atoms with Gasteiger partial charge in [0.05, 0.1) is 18.8 Å². The molecule has 0 atom stereocenters. The lowest BCUT2D eigenvalue weighted by Gasteiger charge is -2.14. The Morgan fingerprint density at radius 3 is 2.55 bits per heavy atom. The number of nitrogens with one attached hydrogen (secondary N) is 2. The van der Waals surface area contributed by atoms with Crippen LogP contribution < -0.4 is 20.1 Å². The molecule has 1 amide bonds. The van der Waals surface area contributed by atoms with Crippen molar-refractivity contribution in [3.05, 3.63) is 52.5 Å². The Balaban J connectivity index is 1.90. The molecule has 0 aliphatic rings. The third-order valence-electron chi connectivity index (χ3n) is 4.48. The van der Waals surface area contributed by atoms with E-state index in [1.807, 2.05) is 37.3 Å². The highest BCUT2D eigenvalue weighted by molar-refractivity contribution is 9.10. The molecule has 0 fully saturated rings. The van der Waals surface area contributed by atoms with Crippen LogP contribution in [0.4, 0.5) is 5.69 Å². The van der Waals surface area contributed by atoms with Crippen LogP contribution in [0.25, 0.3) is 0 Å². The Kier molecular flexibility index (Phi) is 11.4. The van der Waals surface area contributed by atoms with Gasteiger partial charge in [0.2, 0.25) is 0 Å². The number of benzene rings is 2. The van der Waals surface area contributed by atoms with Gasteiger partial charge in [-0.15, -0.1) is 0 Å². The average molecular weight is 507 g/mol. The first-order valence-electron chi connectivity index (χ1n) is 10.8. The van der Waals surface area contributed by atoms with Gasteiger partial charge in [0.25, 0.3) is 5.91 Å². The van der Waals surface area contributed by atoms with E-state index in [0.29, 0.717) is 24.5 Å². The summed E-state index contributed by atoms with van der Waals surface area (Å²) in [5, 5.41) is 5.98. The number of hydrogen-bond acceptors (Lipinski definition) is 4. The van der Waals surface area contributed by atoms with Gasteiger partial charge in [0.15, 0.2) is 5.11 Å². The van der Waals surface area contributed by atoms with Crippen LogP contribution in [0.5, 0.6) is 11.5 Å².